The van der Waals surface area contributed by atoms with Crippen LogP contribution in [0.5, 0.6) is 5.75 Å². The molecule has 1 aromatic carbocycles. The van der Waals surface area contributed by atoms with Crippen LogP contribution in [0.25, 0.3) is 0 Å². The Morgan fingerprint density at radius 3 is 2.61 bits per heavy atom. The number of nitrogens with one attached hydrogen (secondary N) is 1. The van der Waals surface area contributed by atoms with Crippen molar-refractivity contribution < 1.29 is 9.53 Å². The van der Waals surface area contributed by atoms with E-state index >= 15 is 0 Å². The van der Waals surface area contributed by atoms with Crippen molar-refractivity contribution in [3.05, 3.63) is 29.8 Å². The van der Waals surface area contributed by atoms with Gasteiger partial charge in [-0.15, -0.1) is 0 Å². The fourth-order valence-corrected chi connectivity index (χ4v) is 1.61. The minimum absolute atomic E-state index is 0.0339. The van der Waals surface area contributed by atoms with E-state index in [1.807, 2.05) is 52.0 Å². The largest absolute Gasteiger partial charge is 0.481 e. The van der Waals surface area contributed by atoms with Gasteiger partial charge in [0.05, 0.1) is 0 Å². The molecule has 1 N–H and O–H groups in total. The zero-order valence-corrected chi connectivity index (χ0v) is 11.7. The molecule has 3 nitrogen and oxygen atoms in total. The van der Waals surface area contributed by atoms with Crippen LogP contribution in [0, 0.1) is 6.92 Å². The number of rotatable bonds is 6. The third kappa shape index (κ3) is 4.40. The monoisotopic (exact) mass is 249 g/mol. The third-order valence-corrected chi connectivity index (χ3v) is 2.93. The Balaban J connectivity index is 2.64. The molecule has 18 heavy (non-hydrogen) atoms. The van der Waals surface area contributed by atoms with Gasteiger partial charge in [0.25, 0.3) is 5.91 Å². The molecule has 1 aromatic rings. The second-order valence-corrected chi connectivity index (χ2v) is 4.65. The third-order valence-electron chi connectivity index (χ3n) is 2.93. The van der Waals surface area contributed by atoms with Gasteiger partial charge in [0.2, 0.25) is 0 Å². The second kappa shape index (κ2) is 7.04. The lowest BCUT2D eigenvalue weighted by molar-refractivity contribution is -0.128. The van der Waals surface area contributed by atoms with Crippen molar-refractivity contribution in [3.63, 3.8) is 0 Å². The number of ether oxygens (including phenoxy) is 1. The molecule has 0 radical (unpaired) electrons. The van der Waals surface area contributed by atoms with Crippen molar-refractivity contribution in [1.29, 1.82) is 0 Å². The van der Waals surface area contributed by atoms with E-state index in [1.165, 1.54) is 0 Å². The van der Waals surface area contributed by atoms with E-state index in [2.05, 4.69) is 5.32 Å². The molecule has 0 aliphatic heterocycles. The zero-order valence-electron chi connectivity index (χ0n) is 11.7. The molecule has 1 amide bonds. The van der Waals surface area contributed by atoms with Crippen LogP contribution in [0.4, 0.5) is 0 Å². The van der Waals surface area contributed by atoms with Gasteiger partial charge in [0, 0.05) is 6.04 Å². The molecule has 0 saturated carbocycles. The number of aryl methyl sites for hydroxylation is 1. The maximum Gasteiger partial charge on any atom is 0.261 e. The minimum Gasteiger partial charge on any atom is -0.481 e. The molecule has 1 rings (SSSR count). The van der Waals surface area contributed by atoms with Crippen LogP contribution in [0.1, 0.15) is 39.2 Å². The molecule has 0 saturated heterocycles. The van der Waals surface area contributed by atoms with Gasteiger partial charge < -0.3 is 10.1 Å². The van der Waals surface area contributed by atoms with Crippen LogP contribution in [-0.2, 0) is 4.79 Å². The summed E-state index contributed by atoms with van der Waals surface area (Å²) in [5, 5.41) is 2.95. The minimum atomic E-state index is -0.416. The van der Waals surface area contributed by atoms with Crippen LogP contribution in [0.15, 0.2) is 24.3 Å². The average molecular weight is 249 g/mol. The van der Waals surface area contributed by atoms with Crippen LogP contribution in [-0.4, -0.2) is 18.1 Å². The van der Waals surface area contributed by atoms with Gasteiger partial charge in [-0.2, -0.15) is 0 Å². The molecule has 0 spiro atoms. The lowest BCUT2D eigenvalue weighted by Gasteiger charge is -2.20. The maximum absolute atomic E-state index is 12.0. The fourth-order valence-electron chi connectivity index (χ4n) is 1.61. The summed E-state index contributed by atoms with van der Waals surface area (Å²) < 4.78 is 5.74. The van der Waals surface area contributed by atoms with E-state index in [0.29, 0.717) is 6.42 Å². The summed E-state index contributed by atoms with van der Waals surface area (Å²) in [7, 11) is 0. The first-order valence-corrected chi connectivity index (χ1v) is 6.60. The highest BCUT2D eigenvalue weighted by Gasteiger charge is 2.19. The highest BCUT2D eigenvalue weighted by atomic mass is 16.5. The molecular formula is C15H23NO2. The molecule has 0 aliphatic carbocycles. The van der Waals surface area contributed by atoms with Gasteiger partial charge in [-0.3, -0.25) is 4.79 Å². The van der Waals surface area contributed by atoms with Crippen molar-refractivity contribution in [3.8, 4) is 5.75 Å². The predicted octanol–water partition coefficient (Wildman–Crippen LogP) is 3.07. The van der Waals surface area contributed by atoms with Gasteiger partial charge in [-0.25, -0.2) is 0 Å². The Morgan fingerprint density at radius 1 is 1.33 bits per heavy atom. The average Bonchev–Trinajstić information content (AvgIpc) is 2.35. The van der Waals surface area contributed by atoms with Crippen LogP contribution in [0.2, 0.25) is 0 Å². The number of hydrogen-bond donors (Lipinski definition) is 1. The van der Waals surface area contributed by atoms with Crippen molar-refractivity contribution in [2.75, 3.05) is 0 Å². The zero-order chi connectivity index (χ0) is 13.5. The summed E-state index contributed by atoms with van der Waals surface area (Å²) >= 11 is 0. The van der Waals surface area contributed by atoms with Crippen molar-refractivity contribution in [1.82, 2.24) is 5.32 Å². The molecule has 0 aromatic heterocycles. The van der Waals surface area contributed by atoms with Gasteiger partial charge in [-0.1, -0.05) is 26.0 Å². The lowest BCUT2D eigenvalue weighted by Crippen LogP contribution is -2.42. The Hall–Kier alpha value is -1.51. The maximum atomic E-state index is 12.0. The van der Waals surface area contributed by atoms with Gasteiger partial charge >= 0.3 is 0 Å². The number of benzene rings is 1. The van der Waals surface area contributed by atoms with Crippen LogP contribution >= 0.6 is 0 Å². The van der Waals surface area contributed by atoms with Crippen LogP contribution < -0.4 is 10.1 Å². The number of hydrogen-bond acceptors (Lipinski definition) is 2. The Labute approximate surface area is 110 Å². The second-order valence-electron chi connectivity index (χ2n) is 4.65. The number of carbonyl (C=O) groups excluding carboxylic acids is 1. The Kier molecular flexibility index (Phi) is 5.69. The van der Waals surface area contributed by atoms with E-state index in [9.17, 15) is 4.79 Å². The lowest BCUT2D eigenvalue weighted by atomic mass is 10.2. The molecule has 2 atom stereocenters. The smallest absolute Gasteiger partial charge is 0.261 e. The fraction of sp³-hybridized carbons (Fsp3) is 0.533. The standard InChI is InChI=1S/C15H23NO2/c1-5-12(4)16-15(17)14(6-2)18-13-9-7-8-11(3)10-13/h7-10,12,14H,5-6H2,1-4H3,(H,16,17)/t12-,14+/m0/s1. The molecule has 0 bridgehead atoms. The first-order chi connectivity index (χ1) is 8.56. The Morgan fingerprint density at radius 2 is 2.06 bits per heavy atom. The molecule has 100 valence electrons. The van der Waals surface area contributed by atoms with Gasteiger partial charge in [0.1, 0.15) is 5.75 Å². The number of carbonyl (C=O) groups is 1. The van der Waals surface area contributed by atoms with Crippen LogP contribution in [0.3, 0.4) is 0 Å². The van der Waals surface area contributed by atoms with Crippen molar-refractivity contribution in [2.24, 2.45) is 0 Å². The topological polar surface area (TPSA) is 38.3 Å². The van der Waals surface area contributed by atoms with Crippen molar-refractivity contribution >= 4 is 5.91 Å². The van der Waals surface area contributed by atoms with E-state index in [1.54, 1.807) is 0 Å². The van der Waals surface area contributed by atoms with E-state index in [-0.39, 0.29) is 11.9 Å². The summed E-state index contributed by atoms with van der Waals surface area (Å²) in [5.41, 5.74) is 1.13. The summed E-state index contributed by atoms with van der Waals surface area (Å²) in [6, 6.07) is 7.95. The first kappa shape index (κ1) is 14.6. The molecule has 0 unspecified atom stereocenters. The first-order valence-electron chi connectivity index (χ1n) is 6.60. The number of amides is 1. The Bertz CT molecular complexity index is 390. The predicted molar refractivity (Wildman–Crippen MR) is 73.8 cm³/mol. The molecular weight excluding hydrogens is 226 g/mol. The molecule has 0 fully saturated rings. The highest BCUT2D eigenvalue weighted by molar-refractivity contribution is 5.81. The van der Waals surface area contributed by atoms with E-state index in [4.69, 9.17) is 4.74 Å². The SMILES string of the molecule is CC[C@H](C)NC(=O)[C@@H](CC)Oc1cccc(C)c1. The molecule has 3 heteroatoms. The van der Waals surface area contributed by atoms with E-state index < -0.39 is 6.10 Å². The summed E-state index contributed by atoms with van der Waals surface area (Å²) in [5.74, 6) is 0.717. The summed E-state index contributed by atoms with van der Waals surface area (Å²) in [6.07, 6.45) is 1.17. The quantitative estimate of drug-likeness (QED) is 0.841. The van der Waals surface area contributed by atoms with E-state index in [0.717, 1.165) is 17.7 Å². The summed E-state index contributed by atoms with van der Waals surface area (Å²) in [6.45, 7) is 8.01. The van der Waals surface area contributed by atoms with Crippen molar-refractivity contribution in [2.45, 2.75) is 52.7 Å². The van der Waals surface area contributed by atoms with Gasteiger partial charge in [-0.05, 0) is 44.4 Å². The van der Waals surface area contributed by atoms with Gasteiger partial charge in [0.15, 0.2) is 6.10 Å². The molecule has 0 aliphatic rings. The molecule has 0 heterocycles. The summed E-state index contributed by atoms with van der Waals surface area (Å²) in [4.78, 5) is 12.0. The normalized spacial score (nSPS) is 13.8. The highest BCUT2D eigenvalue weighted by Crippen LogP contribution is 2.15.